The zero-order chi connectivity index (χ0) is 25.0. The van der Waals surface area contributed by atoms with Gasteiger partial charge in [-0.1, -0.05) is 19.9 Å². The maximum atomic E-state index is 13.2. The average Bonchev–Trinajstić information content (AvgIpc) is 3.27. The quantitative estimate of drug-likeness (QED) is 0.315. The standard InChI is InChI=1S/C22H27N3O7S2/c1-11(2)7-15(22(30)31)23-19(28)18-13(9-32-12(3)26)10-34-21-17(20(29)25(18)21)24-16(27)8-14-5-4-6-33-14/h4-6,11,15,17,21H,7-10H2,1-3H3,(H,23,28)(H,24,27)(H,30,31)/t15?,17-,21-/m1/s1. The highest BCUT2D eigenvalue weighted by Gasteiger charge is 2.54. The molecule has 1 unspecified atom stereocenters. The van der Waals surface area contributed by atoms with E-state index >= 15 is 0 Å². The first-order valence-electron chi connectivity index (χ1n) is 10.7. The molecule has 0 saturated carbocycles. The van der Waals surface area contributed by atoms with E-state index in [1.807, 2.05) is 31.4 Å². The maximum absolute atomic E-state index is 13.2. The average molecular weight is 510 g/mol. The van der Waals surface area contributed by atoms with Crippen LogP contribution in [0.4, 0.5) is 0 Å². The molecule has 1 fully saturated rings. The van der Waals surface area contributed by atoms with Crippen molar-refractivity contribution in [1.29, 1.82) is 0 Å². The van der Waals surface area contributed by atoms with Crippen molar-refractivity contribution >= 4 is 52.8 Å². The number of ether oxygens (including phenoxy) is 1. The lowest BCUT2D eigenvalue weighted by Crippen LogP contribution is -2.71. The molecule has 34 heavy (non-hydrogen) atoms. The van der Waals surface area contributed by atoms with Gasteiger partial charge in [0.1, 0.15) is 29.8 Å². The molecule has 0 bridgehead atoms. The van der Waals surface area contributed by atoms with Crippen LogP contribution in [-0.4, -0.2) is 69.5 Å². The van der Waals surface area contributed by atoms with Crippen molar-refractivity contribution in [3.63, 3.8) is 0 Å². The fourth-order valence-corrected chi connectivity index (χ4v) is 5.74. The molecule has 3 heterocycles. The largest absolute Gasteiger partial charge is 0.480 e. The summed E-state index contributed by atoms with van der Waals surface area (Å²) >= 11 is 2.78. The van der Waals surface area contributed by atoms with Crippen LogP contribution in [0.25, 0.3) is 0 Å². The lowest BCUT2D eigenvalue weighted by molar-refractivity contribution is -0.148. The summed E-state index contributed by atoms with van der Waals surface area (Å²) in [6.07, 6.45) is 0.358. The minimum absolute atomic E-state index is 0.0131. The zero-order valence-electron chi connectivity index (χ0n) is 19.0. The summed E-state index contributed by atoms with van der Waals surface area (Å²) in [6.45, 7) is 4.71. The van der Waals surface area contributed by atoms with E-state index in [-0.39, 0.29) is 42.7 Å². The van der Waals surface area contributed by atoms with Gasteiger partial charge < -0.3 is 20.5 Å². The van der Waals surface area contributed by atoms with E-state index in [1.54, 1.807) is 0 Å². The summed E-state index contributed by atoms with van der Waals surface area (Å²) < 4.78 is 5.06. The van der Waals surface area contributed by atoms with E-state index in [9.17, 15) is 29.1 Å². The SMILES string of the molecule is CC(=O)OCC1=C(C(=O)NC(CC(C)C)C(=O)O)N2C(=O)[C@@H](NC(=O)Cc3cccs3)[C@H]2SC1. The van der Waals surface area contributed by atoms with Crippen LogP contribution in [0.15, 0.2) is 28.8 Å². The second-order valence-electron chi connectivity index (χ2n) is 8.44. The Balaban J connectivity index is 1.78. The van der Waals surface area contributed by atoms with E-state index in [1.165, 1.54) is 34.9 Å². The van der Waals surface area contributed by atoms with Gasteiger partial charge >= 0.3 is 11.9 Å². The smallest absolute Gasteiger partial charge is 0.326 e. The lowest BCUT2D eigenvalue weighted by Gasteiger charge is -2.50. The number of carboxylic acids is 1. The monoisotopic (exact) mass is 509 g/mol. The number of β-lactam (4-membered cyclic amide) rings is 1. The van der Waals surface area contributed by atoms with Gasteiger partial charge in [0.05, 0.1) is 6.42 Å². The molecule has 2 aliphatic rings. The van der Waals surface area contributed by atoms with Crippen LogP contribution in [0.2, 0.25) is 0 Å². The third-order valence-electron chi connectivity index (χ3n) is 5.25. The molecule has 3 amide bonds. The van der Waals surface area contributed by atoms with Gasteiger partial charge in [0.2, 0.25) is 5.91 Å². The third-order valence-corrected chi connectivity index (χ3v) is 7.47. The van der Waals surface area contributed by atoms with Gasteiger partial charge in [-0.05, 0) is 23.8 Å². The molecule has 1 saturated heterocycles. The Kier molecular flexibility index (Phi) is 8.37. The number of fused-ring (bicyclic) bond motifs is 1. The number of carbonyl (C=O) groups is 5. The van der Waals surface area contributed by atoms with Crippen molar-refractivity contribution < 1.29 is 33.8 Å². The number of thiophene rings is 1. The number of carboxylic acid groups (broad SMARTS) is 1. The van der Waals surface area contributed by atoms with E-state index < -0.39 is 41.2 Å². The molecule has 3 N–H and O–H groups in total. The fourth-order valence-electron chi connectivity index (χ4n) is 3.71. The number of hydrogen-bond acceptors (Lipinski definition) is 8. The van der Waals surface area contributed by atoms with Crippen LogP contribution in [-0.2, 0) is 35.1 Å². The van der Waals surface area contributed by atoms with Crippen molar-refractivity contribution in [3.05, 3.63) is 33.7 Å². The Bertz CT molecular complexity index is 1010. The number of nitrogens with one attached hydrogen (secondary N) is 2. The van der Waals surface area contributed by atoms with Crippen LogP contribution >= 0.6 is 23.1 Å². The van der Waals surface area contributed by atoms with Gasteiger partial charge in [0, 0.05) is 23.1 Å². The lowest BCUT2D eigenvalue weighted by atomic mass is 10.0. The van der Waals surface area contributed by atoms with Gasteiger partial charge in [0.25, 0.3) is 11.8 Å². The number of carbonyl (C=O) groups excluding carboxylic acids is 4. The van der Waals surface area contributed by atoms with Crippen molar-refractivity contribution in [2.24, 2.45) is 5.92 Å². The van der Waals surface area contributed by atoms with Crippen LogP contribution < -0.4 is 10.6 Å². The Labute approximate surface area is 205 Å². The van der Waals surface area contributed by atoms with Crippen LogP contribution in [0.3, 0.4) is 0 Å². The van der Waals surface area contributed by atoms with Gasteiger partial charge in [0.15, 0.2) is 0 Å². The van der Waals surface area contributed by atoms with Crippen LogP contribution in [0.1, 0.15) is 32.1 Å². The topological polar surface area (TPSA) is 142 Å². The van der Waals surface area contributed by atoms with E-state index in [0.29, 0.717) is 5.57 Å². The predicted octanol–water partition coefficient (Wildman–Crippen LogP) is 1.12. The highest BCUT2D eigenvalue weighted by molar-refractivity contribution is 8.00. The molecule has 3 rings (SSSR count). The van der Waals surface area contributed by atoms with Crippen LogP contribution in [0.5, 0.6) is 0 Å². The van der Waals surface area contributed by atoms with Crippen molar-refractivity contribution in [3.8, 4) is 0 Å². The van der Waals surface area contributed by atoms with Gasteiger partial charge in [-0.25, -0.2) is 4.79 Å². The predicted molar refractivity (Wildman–Crippen MR) is 126 cm³/mol. The molecule has 3 atom stereocenters. The number of thioether (sulfide) groups is 1. The number of nitrogens with zero attached hydrogens (tertiary/aromatic N) is 1. The molecular weight excluding hydrogens is 482 g/mol. The Morgan fingerprint density at radius 3 is 2.62 bits per heavy atom. The highest BCUT2D eigenvalue weighted by Crippen LogP contribution is 2.40. The maximum Gasteiger partial charge on any atom is 0.326 e. The van der Waals surface area contributed by atoms with E-state index in [2.05, 4.69) is 10.6 Å². The minimum atomic E-state index is -1.18. The molecular formula is C22H27N3O7S2. The van der Waals surface area contributed by atoms with Gasteiger partial charge in [-0.15, -0.1) is 23.1 Å². The van der Waals surface area contributed by atoms with E-state index in [4.69, 9.17) is 4.74 Å². The second kappa shape index (κ2) is 11.0. The summed E-state index contributed by atoms with van der Waals surface area (Å²) in [7, 11) is 0. The fraction of sp³-hybridized carbons (Fsp3) is 0.500. The number of hydrogen-bond donors (Lipinski definition) is 3. The molecule has 184 valence electrons. The molecule has 0 aromatic carbocycles. The molecule has 0 aliphatic carbocycles. The van der Waals surface area contributed by atoms with Crippen LogP contribution in [0, 0.1) is 5.92 Å². The number of esters is 1. The molecule has 2 aliphatic heterocycles. The molecule has 1 aromatic heterocycles. The molecule has 0 radical (unpaired) electrons. The molecule has 10 nitrogen and oxygen atoms in total. The normalized spacial score (nSPS) is 20.4. The zero-order valence-corrected chi connectivity index (χ0v) is 20.7. The molecule has 0 spiro atoms. The number of rotatable bonds is 10. The Hall–Kier alpha value is -2.86. The van der Waals surface area contributed by atoms with Crippen molar-refractivity contribution in [1.82, 2.24) is 15.5 Å². The summed E-state index contributed by atoms with van der Waals surface area (Å²) in [4.78, 5) is 63.7. The number of amides is 3. The number of aliphatic carboxylic acids is 1. The molecule has 12 heteroatoms. The highest BCUT2D eigenvalue weighted by atomic mass is 32.2. The van der Waals surface area contributed by atoms with Crippen molar-refractivity contribution in [2.75, 3.05) is 12.4 Å². The van der Waals surface area contributed by atoms with Gasteiger partial charge in [-0.3, -0.25) is 24.1 Å². The summed E-state index contributed by atoms with van der Waals surface area (Å²) in [6, 6.07) is 1.73. The summed E-state index contributed by atoms with van der Waals surface area (Å²) in [5, 5.41) is 16.1. The first kappa shape index (κ1) is 25.8. The first-order chi connectivity index (χ1) is 16.1. The summed E-state index contributed by atoms with van der Waals surface area (Å²) in [5.74, 6) is -2.93. The second-order valence-corrected chi connectivity index (χ2v) is 10.6. The molecule has 1 aromatic rings. The Morgan fingerprint density at radius 2 is 2.03 bits per heavy atom. The summed E-state index contributed by atoms with van der Waals surface area (Å²) in [5.41, 5.74) is 0.383. The third kappa shape index (κ3) is 5.98. The van der Waals surface area contributed by atoms with E-state index in [0.717, 1.165) is 4.88 Å². The van der Waals surface area contributed by atoms with Crippen molar-refractivity contribution in [2.45, 2.75) is 51.1 Å². The van der Waals surface area contributed by atoms with Gasteiger partial charge in [-0.2, -0.15) is 0 Å². The first-order valence-corrected chi connectivity index (χ1v) is 12.7. The minimum Gasteiger partial charge on any atom is -0.480 e. The Morgan fingerprint density at radius 1 is 1.29 bits per heavy atom.